The first-order chi connectivity index (χ1) is 8.16. The Kier molecular flexibility index (Phi) is 2.29. The predicted molar refractivity (Wildman–Crippen MR) is 69.3 cm³/mol. The highest BCUT2D eigenvalue weighted by atomic mass is 32.1. The van der Waals surface area contributed by atoms with Gasteiger partial charge in [-0.25, -0.2) is 4.98 Å². The van der Waals surface area contributed by atoms with Crippen molar-refractivity contribution in [1.29, 1.82) is 0 Å². The molecule has 0 aromatic carbocycles. The third-order valence-corrected chi connectivity index (χ3v) is 4.07. The second kappa shape index (κ2) is 3.70. The van der Waals surface area contributed by atoms with Crippen LogP contribution in [0.15, 0.2) is 12.3 Å². The number of amides is 1. The van der Waals surface area contributed by atoms with Gasteiger partial charge in [-0.05, 0) is 31.4 Å². The van der Waals surface area contributed by atoms with Crippen LogP contribution in [0.5, 0.6) is 0 Å². The number of nitrogens with zero attached hydrogens (tertiary/aromatic N) is 1. The Labute approximate surface area is 103 Å². The number of anilines is 1. The Morgan fingerprint density at radius 2 is 2.35 bits per heavy atom. The molecule has 4 nitrogen and oxygen atoms in total. The van der Waals surface area contributed by atoms with Gasteiger partial charge in [-0.3, -0.25) is 4.79 Å². The number of hydrogen-bond donors (Lipinski definition) is 2. The number of rotatable bonds is 2. The second-order valence-electron chi connectivity index (χ2n) is 4.40. The summed E-state index contributed by atoms with van der Waals surface area (Å²) in [6.07, 6.45) is 3.90. The first-order valence-electron chi connectivity index (χ1n) is 5.61. The Balaban J connectivity index is 2.07. The van der Waals surface area contributed by atoms with Crippen LogP contribution in [-0.4, -0.2) is 16.9 Å². The van der Waals surface area contributed by atoms with Gasteiger partial charge < -0.3 is 11.1 Å². The summed E-state index contributed by atoms with van der Waals surface area (Å²) in [6.45, 7) is 1.98. The SMILES string of the molecule is Cc1ccnc2sc(C(=O)NC3CC3)c(N)c12. The molecule has 1 saturated carbocycles. The summed E-state index contributed by atoms with van der Waals surface area (Å²) in [5.41, 5.74) is 7.67. The van der Waals surface area contributed by atoms with Crippen LogP contribution in [0.2, 0.25) is 0 Å². The molecule has 5 heteroatoms. The van der Waals surface area contributed by atoms with Crippen molar-refractivity contribution in [1.82, 2.24) is 10.3 Å². The maximum Gasteiger partial charge on any atom is 0.263 e. The highest BCUT2D eigenvalue weighted by Crippen LogP contribution is 2.34. The van der Waals surface area contributed by atoms with Gasteiger partial charge in [0.1, 0.15) is 9.71 Å². The molecule has 3 N–H and O–H groups in total. The van der Waals surface area contributed by atoms with Gasteiger partial charge in [0.25, 0.3) is 5.91 Å². The quantitative estimate of drug-likeness (QED) is 0.853. The lowest BCUT2D eigenvalue weighted by molar-refractivity contribution is 0.0956. The number of nitrogens with one attached hydrogen (secondary N) is 1. The fourth-order valence-electron chi connectivity index (χ4n) is 1.85. The first kappa shape index (κ1) is 10.5. The smallest absolute Gasteiger partial charge is 0.263 e. The molecule has 3 rings (SSSR count). The molecule has 1 amide bonds. The van der Waals surface area contributed by atoms with Crippen molar-refractivity contribution in [3.63, 3.8) is 0 Å². The lowest BCUT2D eigenvalue weighted by atomic mass is 10.2. The normalized spacial score (nSPS) is 15.1. The van der Waals surface area contributed by atoms with Gasteiger partial charge in [-0.15, -0.1) is 11.3 Å². The van der Waals surface area contributed by atoms with Crippen LogP contribution in [0.25, 0.3) is 10.2 Å². The van der Waals surface area contributed by atoms with Crippen molar-refractivity contribution in [2.45, 2.75) is 25.8 Å². The summed E-state index contributed by atoms with van der Waals surface area (Å²) in [5.74, 6) is -0.0626. The third-order valence-electron chi connectivity index (χ3n) is 2.96. The topological polar surface area (TPSA) is 68.0 Å². The van der Waals surface area contributed by atoms with E-state index in [1.165, 1.54) is 11.3 Å². The average molecular weight is 247 g/mol. The van der Waals surface area contributed by atoms with Crippen molar-refractivity contribution in [3.05, 3.63) is 22.7 Å². The number of carbonyl (C=O) groups excluding carboxylic acids is 1. The van der Waals surface area contributed by atoms with Crippen LogP contribution < -0.4 is 11.1 Å². The van der Waals surface area contributed by atoms with E-state index in [9.17, 15) is 4.79 Å². The van der Waals surface area contributed by atoms with E-state index in [4.69, 9.17) is 5.73 Å². The average Bonchev–Trinajstić information content (AvgIpc) is 3.02. The number of aryl methyl sites for hydroxylation is 1. The van der Waals surface area contributed by atoms with Gasteiger partial charge in [0.05, 0.1) is 5.69 Å². The zero-order valence-corrected chi connectivity index (χ0v) is 10.3. The Bertz CT molecular complexity index is 601. The minimum Gasteiger partial charge on any atom is -0.397 e. The molecule has 0 unspecified atom stereocenters. The molecule has 0 saturated heterocycles. The molecule has 0 atom stereocenters. The molecular formula is C12H13N3OS. The predicted octanol–water partition coefficient (Wildman–Crippen LogP) is 2.08. The number of pyridine rings is 1. The molecule has 2 aromatic heterocycles. The number of aromatic nitrogens is 1. The minimum atomic E-state index is -0.0626. The molecule has 0 bridgehead atoms. The highest BCUT2D eigenvalue weighted by molar-refractivity contribution is 7.21. The lowest BCUT2D eigenvalue weighted by Crippen LogP contribution is -2.25. The Morgan fingerprint density at radius 1 is 1.59 bits per heavy atom. The largest absolute Gasteiger partial charge is 0.397 e. The van der Waals surface area contributed by atoms with Crippen LogP contribution in [0.3, 0.4) is 0 Å². The molecule has 88 valence electrons. The van der Waals surface area contributed by atoms with E-state index < -0.39 is 0 Å². The first-order valence-corrected chi connectivity index (χ1v) is 6.43. The van der Waals surface area contributed by atoms with Crippen LogP contribution in [0.1, 0.15) is 28.1 Å². The fourth-order valence-corrected chi connectivity index (χ4v) is 2.89. The van der Waals surface area contributed by atoms with Crippen molar-refractivity contribution >= 4 is 33.1 Å². The number of nitrogen functional groups attached to an aromatic ring is 1. The zero-order chi connectivity index (χ0) is 12.0. The summed E-state index contributed by atoms with van der Waals surface area (Å²) >= 11 is 1.37. The third kappa shape index (κ3) is 1.76. The van der Waals surface area contributed by atoms with Crippen molar-refractivity contribution in [3.8, 4) is 0 Å². The monoisotopic (exact) mass is 247 g/mol. The van der Waals surface area contributed by atoms with E-state index in [1.54, 1.807) is 6.20 Å². The summed E-state index contributed by atoms with van der Waals surface area (Å²) in [4.78, 5) is 17.7. The Morgan fingerprint density at radius 3 is 3.00 bits per heavy atom. The van der Waals surface area contributed by atoms with E-state index in [0.29, 0.717) is 16.6 Å². The van der Waals surface area contributed by atoms with Crippen molar-refractivity contribution < 1.29 is 4.79 Å². The van der Waals surface area contributed by atoms with Gasteiger partial charge in [-0.2, -0.15) is 0 Å². The maximum absolute atomic E-state index is 12.0. The molecule has 0 aliphatic heterocycles. The number of fused-ring (bicyclic) bond motifs is 1. The number of carbonyl (C=O) groups is 1. The van der Waals surface area contributed by atoms with Gasteiger partial charge in [0.15, 0.2) is 0 Å². The van der Waals surface area contributed by atoms with E-state index in [-0.39, 0.29) is 5.91 Å². The molecule has 2 aromatic rings. The summed E-state index contributed by atoms with van der Waals surface area (Å²) in [6, 6.07) is 2.26. The molecule has 2 heterocycles. The zero-order valence-electron chi connectivity index (χ0n) is 9.49. The van der Waals surface area contributed by atoms with Crippen LogP contribution in [0.4, 0.5) is 5.69 Å². The van der Waals surface area contributed by atoms with Crippen LogP contribution >= 0.6 is 11.3 Å². The van der Waals surface area contributed by atoms with E-state index >= 15 is 0 Å². The second-order valence-corrected chi connectivity index (χ2v) is 5.40. The summed E-state index contributed by atoms with van der Waals surface area (Å²) in [7, 11) is 0. The van der Waals surface area contributed by atoms with Gasteiger partial charge in [0.2, 0.25) is 0 Å². The minimum absolute atomic E-state index is 0.0626. The molecule has 17 heavy (non-hydrogen) atoms. The number of nitrogens with two attached hydrogens (primary N) is 1. The number of thiophene rings is 1. The molecule has 0 spiro atoms. The fraction of sp³-hybridized carbons (Fsp3) is 0.333. The standard InChI is InChI=1S/C12H13N3OS/c1-6-4-5-14-12-8(6)9(13)10(17-12)11(16)15-7-2-3-7/h4-5,7H,2-3,13H2,1H3,(H,15,16). The molecule has 1 fully saturated rings. The van der Waals surface area contributed by atoms with Gasteiger partial charge in [-0.1, -0.05) is 0 Å². The van der Waals surface area contributed by atoms with Crippen LogP contribution in [0, 0.1) is 6.92 Å². The van der Waals surface area contributed by atoms with Crippen molar-refractivity contribution in [2.24, 2.45) is 0 Å². The maximum atomic E-state index is 12.0. The van der Waals surface area contributed by atoms with E-state index in [2.05, 4.69) is 10.3 Å². The molecule has 1 aliphatic rings. The molecule has 0 radical (unpaired) electrons. The summed E-state index contributed by atoms with van der Waals surface area (Å²) < 4.78 is 0. The number of hydrogen-bond acceptors (Lipinski definition) is 4. The van der Waals surface area contributed by atoms with Crippen molar-refractivity contribution in [2.75, 3.05) is 5.73 Å². The lowest BCUT2D eigenvalue weighted by Gasteiger charge is -2.01. The van der Waals surface area contributed by atoms with Crippen LogP contribution in [-0.2, 0) is 0 Å². The Hall–Kier alpha value is -1.62. The van der Waals surface area contributed by atoms with E-state index in [1.807, 2.05) is 13.0 Å². The summed E-state index contributed by atoms with van der Waals surface area (Å²) in [5, 5.41) is 3.87. The van der Waals surface area contributed by atoms with Gasteiger partial charge >= 0.3 is 0 Å². The molecule has 1 aliphatic carbocycles. The van der Waals surface area contributed by atoms with Gasteiger partial charge in [0, 0.05) is 17.6 Å². The highest BCUT2D eigenvalue weighted by Gasteiger charge is 2.26. The van der Waals surface area contributed by atoms with E-state index in [0.717, 1.165) is 28.6 Å². The molecular weight excluding hydrogens is 234 g/mol.